The third kappa shape index (κ3) is 2.48. The summed E-state index contributed by atoms with van der Waals surface area (Å²) in [6.07, 6.45) is 0. The summed E-state index contributed by atoms with van der Waals surface area (Å²) in [6, 6.07) is 36.2. The van der Waals surface area contributed by atoms with Crippen molar-refractivity contribution in [3.05, 3.63) is 109 Å². The van der Waals surface area contributed by atoms with Crippen LogP contribution >= 0.6 is 0 Å². The third-order valence-electron chi connectivity index (χ3n) is 7.13. The predicted octanol–water partition coefficient (Wildman–Crippen LogP) is 8.39. The van der Waals surface area contributed by atoms with Crippen molar-refractivity contribution in [2.24, 2.45) is 0 Å². The number of carbonyl (C=O) groups excluding carboxylic acids is 1. The fourth-order valence-corrected chi connectivity index (χ4v) is 5.68. The summed E-state index contributed by atoms with van der Waals surface area (Å²) >= 11 is 0. The Bertz CT molecular complexity index is 1930. The number of rotatable bonds is 1. The summed E-state index contributed by atoms with van der Waals surface area (Å²) in [4.78, 5) is 12.5. The molecule has 34 heavy (non-hydrogen) atoms. The van der Waals surface area contributed by atoms with E-state index in [1.54, 1.807) is 0 Å². The smallest absolute Gasteiger partial charge is 0.337 e. The zero-order valence-corrected chi connectivity index (χ0v) is 18.6. The zero-order chi connectivity index (χ0) is 22.8. The Morgan fingerprint density at radius 2 is 0.824 bits per heavy atom. The van der Waals surface area contributed by atoms with Crippen LogP contribution in [0, 0.1) is 0 Å². The normalized spacial score (nSPS) is 11.8. The number of benzene rings is 7. The minimum atomic E-state index is -0.321. The maximum atomic E-state index is 12.5. The Morgan fingerprint density at radius 1 is 0.471 bits per heavy atom. The fourth-order valence-electron chi connectivity index (χ4n) is 5.68. The molecule has 0 bridgehead atoms. The highest BCUT2D eigenvalue weighted by molar-refractivity contribution is 6.39. The summed E-state index contributed by atoms with van der Waals surface area (Å²) in [6.45, 7) is 0. The Kier molecular flexibility index (Phi) is 3.95. The maximum Gasteiger partial charge on any atom is 0.337 e. The van der Waals surface area contributed by atoms with Gasteiger partial charge in [-0.3, -0.25) is 0 Å². The second-order valence-electron chi connectivity index (χ2n) is 8.80. The van der Waals surface area contributed by atoms with Crippen molar-refractivity contribution in [3.8, 4) is 0 Å². The topological polar surface area (TPSA) is 26.3 Å². The van der Waals surface area contributed by atoms with Crippen LogP contribution in [0.25, 0.3) is 64.6 Å². The van der Waals surface area contributed by atoms with Crippen molar-refractivity contribution in [2.75, 3.05) is 7.11 Å². The largest absolute Gasteiger partial charge is 0.465 e. The molecule has 0 fully saturated rings. The molecule has 0 spiro atoms. The second kappa shape index (κ2) is 7.03. The lowest BCUT2D eigenvalue weighted by molar-refractivity contribution is 0.0601. The number of carbonyl (C=O) groups is 1. The van der Waals surface area contributed by atoms with Gasteiger partial charge in [0, 0.05) is 0 Å². The average molecular weight is 437 g/mol. The van der Waals surface area contributed by atoms with Crippen LogP contribution in [-0.2, 0) is 4.74 Å². The molecule has 0 unspecified atom stereocenters. The van der Waals surface area contributed by atoms with Gasteiger partial charge in [0.15, 0.2) is 0 Å². The monoisotopic (exact) mass is 436 g/mol. The molecule has 7 rings (SSSR count). The molecule has 7 aromatic carbocycles. The van der Waals surface area contributed by atoms with E-state index in [-0.39, 0.29) is 5.97 Å². The Morgan fingerprint density at radius 3 is 1.32 bits per heavy atom. The molecule has 160 valence electrons. The standard InChI is InChI=1S/C32H20O2/c1-34-32(33)19-14-15-25-21-9-3-5-12-24(21)28-17-16-27-23-11-4-2-8-20(23)22-10-6-7-13-26(22)30(27)31(28)29(25)18-19/h2-18H,1H3. The Labute approximate surface area is 196 Å². The number of methoxy groups -OCH3 is 1. The van der Waals surface area contributed by atoms with Gasteiger partial charge in [0.05, 0.1) is 12.7 Å². The number of hydrogen-bond acceptors (Lipinski definition) is 2. The summed E-state index contributed by atoms with van der Waals surface area (Å²) < 4.78 is 5.06. The highest BCUT2D eigenvalue weighted by atomic mass is 16.5. The molecule has 0 aliphatic rings. The number of ether oxygens (including phenoxy) is 1. The van der Waals surface area contributed by atoms with Crippen LogP contribution in [-0.4, -0.2) is 13.1 Å². The maximum absolute atomic E-state index is 12.5. The SMILES string of the molecule is COC(=O)c1ccc2c3ccccc3c3ccc4c5ccccc5c5ccccc5c4c3c2c1. The summed E-state index contributed by atoms with van der Waals surface area (Å²) in [5.74, 6) is -0.321. The van der Waals surface area contributed by atoms with Crippen LogP contribution in [0.2, 0.25) is 0 Å². The number of esters is 1. The summed E-state index contributed by atoms with van der Waals surface area (Å²) in [7, 11) is 1.43. The van der Waals surface area contributed by atoms with Crippen LogP contribution in [0.3, 0.4) is 0 Å². The Balaban J connectivity index is 1.86. The van der Waals surface area contributed by atoms with Gasteiger partial charge in [-0.25, -0.2) is 4.79 Å². The molecule has 0 amide bonds. The van der Waals surface area contributed by atoms with Crippen molar-refractivity contribution in [3.63, 3.8) is 0 Å². The van der Waals surface area contributed by atoms with Crippen LogP contribution in [0.1, 0.15) is 10.4 Å². The van der Waals surface area contributed by atoms with Crippen molar-refractivity contribution >= 4 is 70.6 Å². The minimum absolute atomic E-state index is 0.321. The first-order valence-corrected chi connectivity index (χ1v) is 11.4. The third-order valence-corrected chi connectivity index (χ3v) is 7.13. The molecule has 0 radical (unpaired) electrons. The first kappa shape index (κ1) is 19.1. The van der Waals surface area contributed by atoms with Gasteiger partial charge < -0.3 is 4.74 Å². The highest BCUT2D eigenvalue weighted by Crippen LogP contribution is 2.44. The molecule has 0 atom stereocenters. The quantitative estimate of drug-likeness (QED) is 0.191. The van der Waals surface area contributed by atoms with Crippen molar-refractivity contribution < 1.29 is 9.53 Å². The average Bonchev–Trinajstić information content (AvgIpc) is 2.92. The van der Waals surface area contributed by atoms with E-state index in [9.17, 15) is 4.79 Å². The van der Waals surface area contributed by atoms with Crippen LogP contribution in [0.15, 0.2) is 103 Å². The van der Waals surface area contributed by atoms with E-state index in [1.807, 2.05) is 12.1 Å². The summed E-state index contributed by atoms with van der Waals surface area (Å²) in [5, 5.41) is 14.4. The van der Waals surface area contributed by atoms with Gasteiger partial charge in [-0.15, -0.1) is 0 Å². The summed E-state index contributed by atoms with van der Waals surface area (Å²) in [5.41, 5.74) is 0.564. The molecule has 0 aromatic heterocycles. The molecule has 0 N–H and O–H groups in total. The molecule has 2 heteroatoms. The minimum Gasteiger partial charge on any atom is -0.465 e. The van der Waals surface area contributed by atoms with Crippen LogP contribution < -0.4 is 0 Å². The second-order valence-corrected chi connectivity index (χ2v) is 8.80. The van der Waals surface area contributed by atoms with Crippen LogP contribution in [0.5, 0.6) is 0 Å². The van der Waals surface area contributed by atoms with Crippen molar-refractivity contribution in [2.45, 2.75) is 0 Å². The number of hydrogen-bond donors (Lipinski definition) is 0. The molecule has 2 nitrogen and oxygen atoms in total. The predicted molar refractivity (Wildman–Crippen MR) is 143 cm³/mol. The lowest BCUT2D eigenvalue weighted by Gasteiger charge is -2.17. The van der Waals surface area contributed by atoms with E-state index in [1.165, 1.54) is 61.0 Å². The molecular weight excluding hydrogens is 416 g/mol. The van der Waals surface area contributed by atoms with Gasteiger partial charge in [0.25, 0.3) is 0 Å². The van der Waals surface area contributed by atoms with Crippen LogP contribution in [0.4, 0.5) is 0 Å². The van der Waals surface area contributed by atoms with E-state index in [0.717, 1.165) is 10.8 Å². The molecule has 0 saturated heterocycles. The Hall–Kier alpha value is -4.43. The molecule has 7 aromatic rings. The highest BCUT2D eigenvalue weighted by Gasteiger charge is 2.17. The van der Waals surface area contributed by atoms with E-state index in [0.29, 0.717) is 5.56 Å². The molecular formula is C32H20O2. The molecule has 0 aliphatic carbocycles. The van der Waals surface area contributed by atoms with Gasteiger partial charge in [-0.2, -0.15) is 0 Å². The van der Waals surface area contributed by atoms with Crippen molar-refractivity contribution in [1.29, 1.82) is 0 Å². The van der Waals surface area contributed by atoms with E-state index < -0.39 is 0 Å². The first-order valence-electron chi connectivity index (χ1n) is 11.4. The molecule has 0 saturated carbocycles. The van der Waals surface area contributed by atoms with Crippen molar-refractivity contribution in [1.82, 2.24) is 0 Å². The van der Waals surface area contributed by atoms with Gasteiger partial charge in [-0.1, -0.05) is 91.0 Å². The molecule has 0 aliphatic heterocycles. The van der Waals surface area contributed by atoms with E-state index in [2.05, 4.69) is 91.0 Å². The lowest BCUT2D eigenvalue weighted by atomic mass is 9.86. The van der Waals surface area contributed by atoms with Gasteiger partial charge in [0.1, 0.15) is 0 Å². The lowest BCUT2D eigenvalue weighted by Crippen LogP contribution is -2.00. The van der Waals surface area contributed by atoms with Gasteiger partial charge >= 0.3 is 5.97 Å². The van der Waals surface area contributed by atoms with E-state index >= 15 is 0 Å². The number of fused-ring (bicyclic) bond motifs is 13. The fraction of sp³-hybridized carbons (Fsp3) is 0.0312. The first-order chi connectivity index (χ1) is 16.8. The van der Waals surface area contributed by atoms with Gasteiger partial charge in [-0.05, 0) is 76.8 Å². The van der Waals surface area contributed by atoms with Gasteiger partial charge in [0.2, 0.25) is 0 Å². The van der Waals surface area contributed by atoms with E-state index in [4.69, 9.17) is 4.74 Å². The zero-order valence-electron chi connectivity index (χ0n) is 18.6. The molecule has 0 heterocycles.